The summed E-state index contributed by atoms with van der Waals surface area (Å²) in [6.07, 6.45) is 8.31. The van der Waals surface area contributed by atoms with Crippen LogP contribution < -0.4 is 0 Å². The number of hydrogen-bond acceptors (Lipinski definition) is 6. The molecule has 5 rings (SSSR count). The molecule has 1 aliphatic heterocycles. The van der Waals surface area contributed by atoms with Crippen molar-refractivity contribution in [3.8, 4) is 0 Å². The van der Waals surface area contributed by atoms with Gasteiger partial charge in [0.25, 0.3) is 5.97 Å². The molecule has 0 aromatic heterocycles. The Balaban J connectivity index is 1.55. The topological polar surface area (TPSA) is 82.1 Å². The Bertz CT molecular complexity index is 924. The first-order chi connectivity index (χ1) is 15.6. The number of carbonyl (C=O) groups excluding carboxylic acids is 2. The predicted octanol–water partition coefficient (Wildman–Crippen LogP) is 3.97. The predicted molar refractivity (Wildman–Crippen MR) is 122 cm³/mol. The zero-order chi connectivity index (χ0) is 23.8. The van der Waals surface area contributed by atoms with Gasteiger partial charge >= 0.3 is 0 Å². The van der Waals surface area contributed by atoms with E-state index >= 15 is 0 Å². The third kappa shape index (κ3) is 3.00. The van der Waals surface area contributed by atoms with Crippen LogP contribution in [0.1, 0.15) is 66.7 Å². The monoisotopic (exact) mass is 458 g/mol. The molecular weight excluding hydrogens is 420 g/mol. The van der Waals surface area contributed by atoms with Gasteiger partial charge in [0.05, 0.1) is 6.10 Å². The number of rotatable bonds is 3. The molecule has 6 heteroatoms. The van der Waals surface area contributed by atoms with Crippen LogP contribution in [0, 0.1) is 34.5 Å². The summed E-state index contributed by atoms with van der Waals surface area (Å²) in [5, 5.41) is 11.7. The van der Waals surface area contributed by atoms with Crippen molar-refractivity contribution in [1.82, 2.24) is 0 Å². The van der Waals surface area contributed by atoms with Crippen molar-refractivity contribution in [3.63, 3.8) is 0 Å². The van der Waals surface area contributed by atoms with E-state index in [2.05, 4.69) is 20.8 Å². The molecule has 0 aromatic rings. The minimum Gasteiger partial charge on any atom is -0.393 e. The number of carbonyl (C=O) groups is 2. The molecule has 182 valence electrons. The van der Waals surface area contributed by atoms with Gasteiger partial charge in [-0.25, -0.2) is 0 Å². The molecule has 1 unspecified atom stereocenters. The van der Waals surface area contributed by atoms with Crippen molar-refractivity contribution in [2.75, 3.05) is 13.2 Å². The average Bonchev–Trinajstić information content (AvgIpc) is 3.04. The minimum absolute atomic E-state index is 0.0216. The van der Waals surface area contributed by atoms with Crippen LogP contribution in [0.15, 0.2) is 23.8 Å². The largest absolute Gasteiger partial charge is 0.393 e. The van der Waals surface area contributed by atoms with E-state index in [4.69, 9.17) is 14.2 Å². The van der Waals surface area contributed by atoms with Gasteiger partial charge in [0.2, 0.25) is 0 Å². The molecule has 9 atom stereocenters. The van der Waals surface area contributed by atoms with E-state index in [0.717, 1.165) is 18.4 Å². The molecule has 0 aromatic carbocycles. The van der Waals surface area contributed by atoms with Gasteiger partial charge in [-0.1, -0.05) is 39.3 Å². The molecule has 1 heterocycles. The highest BCUT2D eigenvalue weighted by molar-refractivity contribution is 6.01. The second-order valence-corrected chi connectivity index (χ2v) is 11.4. The number of hydrogen-bond donors (Lipinski definition) is 1. The van der Waals surface area contributed by atoms with Crippen LogP contribution in [-0.4, -0.2) is 47.6 Å². The lowest BCUT2D eigenvalue weighted by atomic mass is 9.44. The highest BCUT2D eigenvalue weighted by atomic mass is 16.9. The van der Waals surface area contributed by atoms with Crippen LogP contribution in [0.2, 0.25) is 0 Å². The normalized spacial score (nSPS) is 51.2. The fourth-order valence-corrected chi connectivity index (χ4v) is 8.57. The van der Waals surface area contributed by atoms with Crippen LogP contribution in [0.25, 0.3) is 0 Å². The second-order valence-electron chi connectivity index (χ2n) is 11.4. The van der Waals surface area contributed by atoms with Gasteiger partial charge < -0.3 is 19.3 Å². The van der Waals surface area contributed by atoms with E-state index in [-0.39, 0.29) is 47.3 Å². The molecule has 0 bridgehead atoms. The maximum atomic E-state index is 13.5. The lowest BCUT2D eigenvalue weighted by Crippen LogP contribution is -2.67. The summed E-state index contributed by atoms with van der Waals surface area (Å²) in [6.45, 7) is 10.8. The van der Waals surface area contributed by atoms with E-state index in [9.17, 15) is 14.7 Å². The Morgan fingerprint density at radius 1 is 1.24 bits per heavy atom. The van der Waals surface area contributed by atoms with Gasteiger partial charge in [0.1, 0.15) is 12.2 Å². The fraction of sp³-hybridized carbons (Fsp3) is 0.778. The van der Waals surface area contributed by atoms with Crippen molar-refractivity contribution in [1.29, 1.82) is 0 Å². The molecule has 33 heavy (non-hydrogen) atoms. The van der Waals surface area contributed by atoms with Gasteiger partial charge in [-0.05, 0) is 62.5 Å². The number of aliphatic hydroxyl groups is 1. The molecule has 4 fully saturated rings. The number of fused-ring (bicyclic) bond motifs is 6. The van der Waals surface area contributed by atoms with Crippen LogP contribution in [0.3, 0.4) is 0 Å². The van der Waals surface area contributed by atoms with E-state index < -0.39 is 23.1 Å². The fourth-order valence-electron chi connectivity index (χ4n) is 8.57. The first-order valence-corrected chi connectivity index (χ1v) is 12.7. The van der Waals surface area contributed by atoms with Gasteiger partial charge in [0, 0.05) is 29.8 Å². The zero-order valence-electron chi connectivity index (χ0n) is 20.6. The summed E-state index contributed by atoms with van der Waals surface area (Å²) >= 11 is 0. The maximum absolute atomic E-state index is 13.5. The number of aliphatic hydroxyl groups excluding tert-OH is 1. The summed E-state index contributed by atoms with van der Waals surface area (Å²) in [6, 6.07) is 0. The number of ether oxygens (including phenoxy) is 3. The number of ketones is 2. The van der Waals surface area contributed by atoms with Crippen LogP contribution in [0.4, 0.5) is 0 Å². The molecule has 0 amide bonds. The highest BCUT2D eigenvalue weighted by Gasteiger charge is 2.72. The van der Waals surface area contributed by atoms with Crippen LogP contribution in [0.5, 0.6) is 0 Å². The van der Waals surface area contributed by atoms with E-state index in [1.54, 1.807) is 12.2 Å². The Labute approximate surface area is 196 Å². The quantitative estimate of drug-likeness (QED) is 0.689. The number of Topliss-reactive ketones (excluding diaryl/α,β-unsaturated/α-hetero) is 1. The summed E-state index contributed by atoms with van der Waals surface area (Å²) in [5.41, 5.74) is -0.707. The third-order valence-electron chi connectivity index (χ3n) is 9.94. The first kappa shape index (κ1) is 23.4. The van der Waals surface area contributed by atoms with E-state index in [1.807, 2.05) is 19.9 Å². The third-order valence-corrected chi connectivity index (χ3v) is 9.94. The minimum atomic E-state index is -1.21. The standard InChI is InChI=1S/C27H38O6/c1-6-27(31-7-2)32-15-22(30)26(33-27)11-9-19-18-12-16(3)20-13-17(28)8-10-24(20,4)23(18)21(29)14-25(19,26)5/h8,10,13,16,18-19,21,23,29H,6-7,9,11-12,14-15H2,1-5H3/t16-,18-,19-,21-,23+,24-,25-,26-,27?/m0/s1. The molecule has 1 saturated heterocycles. The Morgan fingerprint density at radius 2 is 2.00 bits per heavy atom. The van der Waals surface area contributed by atoms with Crippen LogP contribution >= 0.6 is 0 Å². The van der Waals surface area contributed by atoms with E-state index in [1.165, 1.54) is 0 Å². The van der Waals surface area contributed by atoms with Gasteiger partial charge in [-0.3, -0.25) is 9.59 Å². The smallest absolute Gasteiger partial charge is 0.283 e. The molecule has 5 aliphatic rings. The SMILES string of the molecule is CCOC1(CC)OCC(=O)[C@]2(CC[C@H]3[C@@H]4C[C@H](C)C5=CC(=O)C=C[C@]5(C)[C@H]4[C@@H](O)C[C@@]32C)O1. The molecule has 1 N–H and O–H groups in total. The van der Waals surface area contributed by atoms with Gasteiger partial charge in [-0.2, -0.15) is 0 Å². The van der Waals surface area contributed by atoms with Crippen molar-refractivity contribution in [2.45, 2.75) is 84.4 Å². The maximum Gasteiger partial charge on any atom is 0.283 e. The van der Waals surface area contributed by atoms with Crippen LogP contribution in [-0.2, 0) is 23.8 Å². The molecular formula is C27H38O6. The van der Waals surface area contributed by atoms with E-state index in [0.29, 0.717) is 25.9 Å². The zero-order valence-corrected chi connectivity index (χ0v) is 20.6. The number of allylic oxidation sites excluding steroid dienone is 4. The summed E-state index contributed by atoms with van der Waals surface area (Å²) in [7, 11) is 0. The lowest BCUT2D eigenvalue weighted by Gasteiger charge is -2.62. The second kappa shape index (κ2) is 7.58. The molecule has 6 nitrogen and oxygen atoms in total. The van der Waals surface area contributed by atoms with Crippen molar-refractivity contribution < 1.29 is 28.9 Å². The van der Waals surface area contributed by atoms with Gasteiger partial charge in [-0.15, -0.1) is 0 Å². The lowest BCUT2D eigenvalue weighted by molar-refractivity contribution is -0.430. The van der Waals surface area contributed by atoms with Crippen molar-refractivity contribution in [3.05, 3.63) is 23.8 Å². The van der Waals surface area contributed by atoms with Crippen molar-refractivity contribution in [2.24, 2.45) is 34.5 Å². The summed E-state index contributed by atoms with van der Waals surface area (Å²) in [5.74, 6) is -0.435. The first-order valence-electron chi connectivity index (χ1n) is 12.7. The van der Waals surface area contributed by atoms with Gasteiger partial charge in [0.15, 0.2) is 11.6 Å². The Kier molecular flexibility index (Phi) is 5.37. The summed E-state index contributed by atoms with van der Waals surface area (Å²) in [4.78, 5) is 25.7. The summed E-state index contributed by atoms with van der Waals surface area (Å²) < 4.78 is 18.4. The molecule has 1 spiro atoms. The molecule has 4 aliphatic carbocycles. The Hall–Kier alpha value is -1.34. The Morgan fingerprint density at radius 3 is 2.70 bits per heavy atom. The average molecular weight is 459 g/mol. The highest BCUT2D eigenvalue weighted by Crippen LogP contribution is 2.69. The molecule has 3 saturated carbocycles. The molecule has 0 radical (unpaired) electrons. The van der Waals surface area contributed by atoms with Crippen molar-refractivity contribution >= 4 is 11.6 Å².